The van der Waals surface area contributed by atoms with Crippen LogP contribution in [0.25, 0.3) is 0 Å². The van der Waals surface area contributed by atoms with Crippen LogP contribution in [0, 0.1) is 0 Å². The first-order valence-electron chi connectivity index (χ1n) is 9.04. The number of hydrogen-bond acceptors (Lipinski definition) is 4. The van der Waals surface area contributed by atoms with E-state index in [-0.39, 0.29) is 17.9 Å². The molecule has 2 aliphatic heterocycles. The van der Waals surface area contributed by atoms with Crippen LogP contribution < -0.4 is 9.64 Å². The van der Waals surface area contributed by atoms with E-state index >= 15 is 0 Å². The number of imide groups is 1. The van der Waals surface area contributed by atoms with Gasteiger partial charge in [0.2, 0.25) is 5.91 Å². The molecule has 0 bridgehead atoms. The van der Waals surface area contributed by atoms with Crippen molar-refractivity contribution in [2.75, 3.05) is 24.6 Å². The molecule has 24 heavy (non-hydrogen) atoms. The topological polar surface area (TPSA) is 49.9 Å². The molecule has 0 aliphatic carbocycles. The van der Waals surface area contributed by atoms with E-state index in [1.807, 2.05) is 12.1 Å². The number of ether oxygens (including phenoxy) is 1. The van der Waals surface area contributed by atoms with Crippen molar-refractivity contribution in [3.05, 3.63) is 24.3 Å². The average molecular weight is 330 g/mol. The number of nitrogens with zero attached hydrogens (tertiary/aromatic N) is 2. The van der Waals surface area contributed by atoms with Crippen LogP contribution in [0.2, 0.25) is 0 Å². The lowest BCUT2D eigenvalue weighted by Crippen LogP contribution is -2.44. The fourth-order valence-corrected chi connectivity index (χ4v) is 3.43. The highest BCUT2D eigenvalue weighted by Crippen LogP contribution is 2.28. The number of anilines is 1. The van der Waals surface area contributed by atoms with Gasteiger partial charge in [-0.25, -0.2) is 4.90 Å². The third kappa shape index (κ3) is 3.61. The van der Waals surface area contributed by atoms with Crippen LogP contribution in [0.4, 0.5) is 5.69 Å². The number of piperidine rings is 1. The number of amides is 2. The Balaban J connectivity index is 1.67. The summed E-state index contributed by atoms with van der Waals surface area (Å²) in [6.07, 6.45) is 5.85. The van der Waals surface area contributed by atoms with Gasteiger partial charge in [0.1, 0.15) is 5.75 Å². The van der Waals surface area contributed by atoms with Gasteiger partial charge in [0.05, 0.1) is 24.8 Å². The highest BCUT2D eigenvalue weighted by atomic mass is 16.5. The first-order valence-corrected chi connectivity index (χ1v) is 9.04. The molecule has 0 spiro atoms. The summed E-state index contributed by atoms with van der Waals surface area (Å²) >= 11 is 0. The van der Waals surface area contributed by atoms with E-state index in [1.165, 1.54) is 11.3 Å². The number of unbranched alkanes of at least 4 members (excludes halogenated alkanes) is 1. The zero-order valence-electron chi connectivity index (χ0n) is 14.4. The summed E-state index contributed by atoms with van der Waals surface area (Å²) in [5, 5.41) is 0. The summed E-state index contributed by atoms with van der Waals surface area (Å²) in [5.41, 5.74) is 0.646. The Kier molecular flexibility index (Phi) is 5.51. The maximum atomic E-state index is 12.7. The molecule has 3 rings (SSSR count). The SMILES string of the molecule is CCCCOc1ccc(N2C(=O)C[C@@H](N3CCCCC3)C2=O)cc1. The van der Waals surface area contributed by atoms with Crippen LogP contribution in [0.5, 0.6) is 5.75 Å². The summed E-state index contributed by atoms with van der Waals surface area (Å²) in [5.74, 6) is 0.593. The minimum atomic E-state index is -0.279. The third-order valence-corrected chi connectivity index (χ3v) is 4.82. The molecule has 5 heteroatoms. The van der Waals surface area contributed by atoms with Gasteiger partial charge in [0.25, 0.3) is 5.91 Å². The maximum Gasteiger partial charge on any atom is 0.251 e. The lowest BCUT2D eigenvalue weighted by molar-refractivity contribution is -0.123. The quantitative estimate of drug-likeness (QED) is 0.594. The van der Waals surface area contributed by atoms with Gasteiger partial charge in [0, 0.05) is 0 Å². The van der Waals surface area contributed by atoms with E-state index in [4.69, 9.17) is 4.74 Å². The molecule has 0 radical (unpaired) electrons. The van der Waals surface area contributed by atoms with Gasteiger partial charge in [-0.05, 0) is 56.6 Å². The first kappa shape index (κ1) is 17.0. The number of rotatable bonds is 6. The second kappa shape index (κ2) is 7.79. The lowest BCUT2D eigenvalue weighted by atomic mass is 10.1. The normalized spacial score (nSPS) is 22.2. The van der Waals surface area contributed by atoms with Gasteiger partial charge in [0.15, 0.2) is 0 Å². The monoisotopic (exact) mass is 330 g/mol. The molecule has 5 nitrogen and oxygen atoms in total. The van der Waals surface area contributed by atoms with E-state index in [2.05, 4.69) is 11.8 Å². The molecule has 1 atom stereocenters. The van der Waals surface area contributed by atoms with Crippen molar-refractivity contribution in [3.63, 3.8) is 0 Å². The van der Waals surface area contributed by atoms with Gasteiger partial charge in [-0.2, -0.15) is 0 Å². The lowest BCUT2D eigenvalue weighted by Gasteiger charge is -2.30. The Morgan fingerprint density at radius 1 is 1.08 bits per heavy atom. The smallest absolute Gasteiger partial charge is 0.251 e. The molecule has 0 unspecified atom stereocenters. The van der Waals surface area contributed by atoms with Crippen LogP contribution in [-0.4, -0.2) is 42.5 Å². The van der Waals surface area contributed by atoms with E-state index in [9.17, 15) is 9.59 Å². The summed E-state index contributed by atoms with van der Waals surface area (Å²) in [6.45, 7) is 4.65. The molecule has 130 valence electrons. The molecular formula is C19H26N2O3. The number of likely N-dealkylation sites (tertiary alicyclic amines) is 1. The number of benzene rings is 1. The van der Waals surface area contributed by atoms with Crippen LogP contribution in [0.15, 0.2) is 24.3 Å². The molecule has 0 aromatic heterocycles. The van der Waals surface area contributed by atoms with Crippen molar-refractivity contribution in [3.8, 4) is 5.75 Å². The van der Waals surface area contributed by atoms with Crippen molar-refractivity contribution < 1.29 is 14.3 Å². The van der Waals surface area contributed by atoms with Crippen LogP contribution in [0.3, 0.4) is 0 Å². The maximum absolute atomic E-state index is 12.7. The van der Waals surface area contributed by atoms with Crippen LogP contribution >= 0.6 is 0 Å². The molecule has 1 aromatic carbocycles. The summed E-state index contributed by atoms with van der Waals surface area (Å²) in [4.78, 5) is 28.6. The molecule has 2 saturated heterocycles. The molecule has 2 amide bonds. The molecule has 0 saturated carbocycles. The highest BCUT2D eigenvalue weighted by Gasteiger charge is 2.42. The predicted octanol–water partition coefficient (Wildman–Crippen LogP) is 2.98. The van der Waals surface area contributed by atoms with Gasteiger partial charge in [-0.1, -0.05) is 19.8 Å². The average Bonchev–Trinajstić information content (AvgIpc) is 2.91. The molecular weight excluding hydrogens is 304 g/mol. The van der Waals surface area contributed by atoms with Gasteiger partial charge in [-0.15, -0.1) is 0 Å². The first-order chi connectivity index (χ1) is 11.7. The number of carbonyl (C=O) groups is 2. The largest absolute Gasteiger partial charge is 0.494 e. The highest BCUT2D eigenvalue weighted by molar-refractivity contribution is 6.22. The van der Waals surface area contributed by atoms with Crippen molar-refractivity contribution in [1.29, 1.82) is 0 Å². The Morgan fingerprint density at radius 2 is 1.79 bits per heavy atom. The van der Waals surface area contributed by atoms with Gasteiger partial charge < -0.3 is 4.74 Å². The fraction of sp³-hybridized carbons (Fsp3) is 0.579. The second-order valence-corrected chi connectivity index (χ2v) is 6.58. The predicted molar refractivity (Wildman–Crippen MR) is 93.2 cm³/mol. The zero-order valence-corrected chi connectivity index (χ0v) is 14.4. The second-order valence-electron chi connectivity index (χ2n) is 6.58. The fourth-order valence-electron chi connectivity index (χ4n) is 3.43. The molecule has 2 heterocycles. The molecule has 0 N–H and O–H groups in total. The summed E-state index contributed by atoms with van der Waals surface area (Å²) in [7, 11) is 0. The van der Waals surface area contributed by atoms with E-state index < -0.39 is 0 Å². The zero-order chi connectivity index (χ0) is 16.9. The van der Waals surface area contributed by atoms with E-state index in [1.54, 1.807) is 12.1 Å². The van der Waals surface area contributed by atoms with E-state index in [0.29, 0.717) is 18.7 Å². The van der Waals surface area contributed by atoms with Crippen molar-refractivity contribution in [2.24, 2.45) is 0 Å². The summed E-state index contributed by atoms with van der Waals surface area (Å²) in [6, 6.07) is 6.99. The molecule has 2 fully saturated rings. The Morgan fingerprint density at radius 3 is 2.46 bits per heavy atom. The molecule has 1 aromatic rings. The van der Waals surface area contributed by atoms with Crippen molar-refractivity contribution in [2.45, 2.75) is 51.5 Å². The van der Waals surface area contributed by atoms with Crippen molar-refractivity contribution >= 4 is 17.5 Å². The standard InChI is InChI=1S/C19H26N2O3/c1-2-3-13-24-16-9-7-15(8-10-16)21-18(22)14-17(19(21)23)20-11-5-4-6-12-20/h7-10,17H,2-6,11-14H2,1H3/t17-/m1/s1. The minimum absolute atomic E-state index is 0.0819. The number of carbonyl (C=O) groups excluding carboxylic acids is 2. The van der Waals surface area contributed by atoms with Gasteiger partial charge >= 0.3 is 0 Å². The Bertz CT molecular complexity index is 579. The third-order valence-electron chi connectivity index (χ3n) is 4.82. The minimum Gasteiger partial charge on any atom is -0.494 e. The van der Waals surface area contributed by atoms with Crippen LogP contribution in [-0.2, 0) is 9.59 Å². The van der Waals surface area contributed by atoms with Crippen LogP contribution in [0.1, 0.15) is 45.4 Å². The summed E-state index contributed by atoms with van der Waals surface area (Å²) < 4.78 is 5.64. The number of hydrogen-bond donors (Lipinski definition) is 0. The molecule has 2 aliphatic rings. The Labute approximate surface area is 143 Å². The van der Waals surface area contributed by atoms with Crippen molar-refractivity contribution in [1.82, 2.24) is 4.90 Å². The van der Waals surface area contributed by atoms with E-state index in [0.717, 1.165) is 44.5 Å². The Hall–Kier alpha value is -1.88. The van der Waals surface area contributed by atoms with Gasteiger partial charge in [-0.3, -0.25) is 14.5 Å².